The number of aliphatic hydroxyl groups excluding tert-OH is 1. The summed E-state index contributed by atoms with van der Waals surface area (Å²) in [5, 5.41) is 35.4. The van der Waals surface area contributed by atoms with Crippen LogP contribution in [0.4, 0.5) is 10.5 Å². The summed E-state index contributed by atoms with van der Waals surface area (Å²) in [6, 6.07) is 12.2. The number of epoxide rings is 1. The predicted molar refractivity (Wildman–Crippen MR) is 288 cm³/mol. The highest BCUT2D eigenvalue weighted by molar-refractivity contribution is 6.35. The zero-order valence-electron chi connectivity index (χ0n) is 45.8. The first-order valence-electron chi connectivity index (χ1n) is 25.8. The van der Waals surface area contributed by atoms with Crippen molar-refractivity contribution < 1.29 is 67.5 Å². The minimum absolute atomic E-state index is 0.0354. The van der Waals surface area contributed by atoms with Gasteiger partial charge in [0.1, 0.15) is 40.7 Å². The summed E-state index contributed by atoms with van der Waals surface area (Å²) in [5.41, 5.74) is 3.79. The molecule has 2 fully saturated rings. The van der Waals surface area contributed by atoms with Crippen LogP contribution >= 0.6 is 11.6 Å². The largest absolute Gasteiger partial charge is 0.495 e. The third kappa shape index (κ3) is 14.5. The summed E-state index contributed by atoms with van der Waals surface area (Å²) in [6.45, 7) is 7.36. The number of benzene rings is 2. The molecule has 9 atom stereocenters. The second-order valence-electron chi connectivity index (χ2n) is 20.2. The molecule has 4 bridgehead atoms. The molecule has 3 aliphatic heterocycles. The highest BCUT2D eigenvalue weighted by Crippen LogP contribution is 2.49. The van der Waals surface area contributed by atoms with Gasteiger partial charge in [0.05, 0.1) is 31.9 Å². The van der Waals surface area contributed by atoms with Gasteiger partial charge in [0, 0.05) is 90.8 Å². The Bertz CT molecular complexity index is 2770. The van der Waals surface area contributed by atoms with Gasteiger partial charge >= 0.3 is 12.1 Å². The van der Waals surface area contributed by atoms with Crippen molar-refractivity contribution in [2.45, 2.75) is 121 Å². The number of hydrogen-bond acceptors (Lipinski definition) is 16. The molecule has 3 aromatic rings. The molecular formula is C54H74ClN9O14. The standard InChI is InChI=1S/C54H74ClN9O14/c1-31-14-13-17-41(75-10)54(73)29-40(76-52(72)60-54)32(2)48-53(4,78-48)42(28-45(67)63(8)38-25-34(24-31)26-39(74-9)46(38)55)77-51(71)33(3)62(7)44(66)18-20-58-49(69)47(68)50(70)59-22-21-57-43(65)19-23-64-36(30-61(6)56-5)27-35-15-11-12-16-37(35)64/h11-17,25-27,32-33,40-42,47-48,56,68,73H,18-24,28-30H2,1-10H3,(H,57,65)(H,58,69)(H,59,70)(H,60,72)/b17-13+,31-14+/t32-,33?,40+,41-,42+,47?,48+,53+,54+/m1/s1. The second-order valence-corrected chi connectivity index (χ2v) is 20.5. The van der Waals surface area contributed by atoms with Crippen molar-refractivity contribution in [2.24, 2.45) is 5.92 Å². The van der Waals surface area contributed by atoms with Crippen LogP contribution in [0.5, 0.6) is 5.75 Å². The third-order valence-corrected chi connectivity index (χ3v) is 15.0. The Hall–Kier alpha value is -6.60. The number of alkyl carbamates (subject to hydrolysis) is 1. The van der Waals surface area contributed by atoms with Gasteiger partial charge in [-0.2, -0.15) is 0 Å². The molecule has 4 heterocycles. The molecule has 0 saturated carbocycles. The quantitative estimate of drug-likeness (QED) is 0.0298. The lowest BCUT2D eigenvalue weighted by Crippen LogP contribution is -2.63. The first-order chi connectivity index (χ1) is 36.9. The first kappa shape index (κ1) is 60.6. The molecule has 6 amide bonds. The van der Waals surface area contributed by atoms with E-state index in [1.54, 1.807) is 38.1 Å². The molecule has 0 aliphatic carbocycles. The lowest BCUT2D eigenvalue weighted by molar-refractivity contribution is -0.162. The summed E-state index contributed by atoms with van der Waals surface area (Å²) in [7, 11) is 9.46. The molecule has 3 aliphatic rings. The number of para-hydroxylation sites is 1. The third-order valence-electron chi connectivity index (χ3n) is 14.6. The maximum absolute atomic E-state index is 14.3. The molecule has 2 saturated heterocycles. The van der Waals surface area contributed by atoms with Crippen LogP contribution in [0.1, 0.15) is 64.6 Å². The van der Waals surface area contributed by atoms with Gasteiger partial charge in [-0.3, -0.25) is 34.7 Å². The van der Waals surface area contributed by atoms with Crippen molar-refractivity contribution in [2.75, 3.05) is 66.9 Å². The number of aliphatic hydroxyl groups is 2. The van der Waals surface area contributed by atoms with Crippen LogP contribution in [0.2, 0.25) is 5.02 Å². The Morgan fingerprint density at radius 3 is 2.40 bits per heavy atom. The van der Waals surface area contributed by atoms with Crippen LogP contribution in [0.25, 0.3) is 10.9 Å². The fourth-order valence-electron chi connectivity index (χ4n) is 9.67. The monoisotopic (exact) mass is 1110 g/mol. The molecule has 0 spiro atoms. The van der Waals surface area contributed by atoms with Crippen molar-refractivity contribution in [1.29, 1.82) is 0 Å². The number of rotatable bonds is 19. The second kappa shape index (κ2) is 26.4. The van der Waals surface area contributed by atoms with Crippen LogP contribution in [0.15, 0.2) is 66.3 Å². The van der Waals surface area contributed by atoms with E-state index >= 15 is 0 Å². The number of nitrogens with one attached hydrogen (secondary N) is 5. The SMILES string of the molecule is CNN(C)Cc1cc2ccccc2n1CCC(=O)NCCNC(=O)C(O)C(=O)NCCC(=O)N(C)C(C)C(=O)O[C@H]1CC(=O)N(C)c2cc(cc(OC)c2Cl)C/C(C)=C/C=C/[C@@H](OC)[C@@]2(O)C[C@H](OC(=O)N2)[C@@H](C)[C@@H]2O[C@@]12C. The van der Waals surface area contributed by atoms with Crippen molar-refractivity contribution in [3.63, 3.8) is 0 Å². The van der Waals surface area contributed by atoms with Gasteiger partial charge in [0.25, 0.3) is 11.8 Å². The molecule has 2 unspecified atom stereocenters. The Balaban J connectivity index is 1.04. The molecular weight excluding hydrogens is 1030 g/mol. The zero-order chi connectivity index (χ0) is 57.2. The molecule has 6 rings (SSSR count). The molecule has 24 heteroatoms. The van der Waals surface area contributed by atoms with Crippen LogP contribution in [-0.2, 0) is 67.2 Å². The molecule has 0 radical (unpaired) electrons. The molecule has 78 heavy (non-hydrogen) atoms. The molecule has 7 N–H and O–H groups in total. The van der Waals surface area contributed by atoms with Gasteiger partial charge in [0.15, 0.2) is 5.72 Å². The molecule has 426 valence electrons. The number of carbonyl (C=O) groups is 7. The Morgan fingerprint density at radius 1 is 1.01 bits per heavy atom. The predicted octanol–water partition coefficient (Wildman–Crippen LogP) is 2.23. The zero-order valence-corrected chi connectivity index (χ0v) is 46.6. The number of ether oxygens (including phenoxy) is 5. The Labute approximate surface area is 458 Å². The first-order valence-corrected chi connectivity index (χ1v) is 26.1. The fraction of sp³-hybridized carbons (Fsp3) is 0.537. The van der Waals surface area contributed by atoms with Crippen molar-refractivity contribution in [3.8, 4) is 5.75 Å². The van der Waals surface area contributed by atoms with E-state index in [0.717, 1.165) is 32.6 Å². The van der Waals surface area contributed by atoms with Crippen molar-refractivity contribution in [1.82, 2.24) is 41.2 Å². The number of aromatic nitrogens is 1. The fourth-order valence-corrected chi connectivity index (χ4v) is 9.99. The van der Waals surface area contributed by atoms with Crippen LogP contribution in [0, 0.1) is 5.92 Å². The lowest BCUT2D eigenvalue weighted by Gasteiger charge is -2.42. The number of amides is 6. The molecule has 2 aromatic carbocycles. The number of aryl methyl sites for hydroxylation is 1. The van der Waals surface area contributed by atoms with E-state index in [1.165, 1.54) is 40.1 Å². The highest BCUT2D eigenvalue weighted by Gasteiger charge is 2.64. The van der Waals surface area contributed by atoms with E-state index in [0.29, 0.717) is 30.9 Å². The van der Waals surface area contributed by atoms with E-state index in [4.69, 9.17) is 35.3 Å². The maximum atomic E-state index is 14.3. The number of anilines is 1. The summed E-state index contributed by atoms with van der Waals surface area (Å²) in [5.74, 6) is -4.71. The number of methoxy groups -OCH3 is 2. The number of hydrazine groups is 1. The summed E-state index contributed by atoms with van der Waals surface area (Å²) >= 11 is 6.80. The minimum Gasteiger partial charge on any atom is -0.495 e. The summed E-state index contributed by atoms with van der Waals surface area (Å²) in [4.78, 5) is 95.4. The van der Waals surface area contributed by atoms with E-state index in [-0.39, 0.29) is 49.8 Å². The maximum Gasteiger partial charge on any atom is 0.409 e. The molecule has 23 nitrogen and oxygen atoms in total. The summed E-state index contributed by atoms with van der Waals surface area (Å²) < 4.78 is 31.4. The number of hydrogen-bond donors (Lipinski definition) is 7. The number of carbonyl (C=O) groups excluding carboxylic acids is 7. The van der Waals surface area contributed by atoms with Crippen LogP contribution < -0.4 is 36.3 Å². The minimum atomic E-state index is -2.12. The van der Waals surface area contributed by atoms with Gasteiger partial charge in [-0.1, -0.05) is 60.5 Å². The normalized spacial score (nSPS) is 25.3. The van der Waals surface area contributed by atoms with E-state index < -0.39 is 95.9 Å². The number of halogens is 1. The van der Waals surface area contributed by atoms with Gasteiger partial charge in [-0.05, 0) is 69.5 Å². The average molecular weight is 1110 g/mol. The number of allylic oxidation sites excluding steroid dienone is 3. The number of fused-ring (bicyclic) bond motifs is 6. The van der Waals surface area contributed by atoms with Gasteiger partial charge in [-0.15, -0.1) is 0 Å². The number of nitrogens with zero attached hydrogens (tertiary/aromatic N) is 4. The van der Waals surface area contributed by atoms with E-state index in [2.05, 4.69) is 37.3 Å². The van der Waals surface area contributed by atoms with Crippen LogP contribution in [0.3, 0.4) is 0 Å². The van der Waals surface area contributed by atoms with Gasteiger partial charge < -0.3 is 64.2 Å². The highest BCUT2D eigenvalue weighted by atomic mass is 35.5. The van der Waals surface area contributed by atoms with E-state index in [9.17, 15) is 43.8 Å². The topological polar surface area (TPSA) is 284 Å². The van der Waals surface area contributed by atoms with Gasteiger partial charge in [-0.25, -0.2) is 14.6 Å². The number of likely N-dealkylation sites (N-methyl/N-ethyl adjacent to an activating group) is 1. The Morgan fingerprint density at radius 2 is 1.71 bits per heavy atom. The van der Waals surface area contributed by atoms with Crippen LogP contribution in [-0.4, -0.2) is 176 Å². The van der Waals surface area contributed by atoms with Crippen molar-refractivity contribution >= 4 is 69.8 Å². The number of esters is 1. The lowest BCUT2D eigenvalue weighted by atomic mass is 9.83. The summed E-state index contributed by atoms with van der Waals surface area (Å²) in [6.07, 6.45) is -2.20. The van der Waals surface area contributed by atoms with Gasteiger partial charge in [0.2, 0.25) is 23.8 Å². The van der Waals surface area contributed by atoms with Crippen molar-refractivity contribution in [3.05, 3.63) is 82.5 Å². The Kier molecular flexibility index (Phi) is 20.5. The average Bonchev–Trinajstić information content (AvgIpc) is 4.17. The molecule has 1 aromatic heterocycles. The van der Waals surface area contributed by atoms with E-state index in [1.807, 2.05) is 56.4 Å². The smallest absolute Gasteiger partial charge is 0.409 e.